The van der Waals surface area contributed by atoms with E-state index < -0.39 is 12.1 Å². The molecule has 0 radical (unpaired) electrons. The predicted molar refractivity (Wildman–Crippen MR) is 80.2 cm³/mol. The molecule has 1 N–H and O–H groups in total. The lowest BCUT2D eigenvalue weighted by molar-refractivity contribution is -0.145. The van der Waals surface area contributed by atoms with Gasteiger partial charge in [-0.2, -0.15) is 4.80 Å². The van der Waals surface area contributed by atoms with E-state index in [1.165, 1.54) is 4.80 Å². The fraction of sp³-hybridized carbons (Fsp3) is 0.429. The predicted octanol–water partition coefficient (Wildman–Crippen LogP) is 1.15. The molecule has 7 nitrogen and oxygen atoms in total. The smallest absolute Gasteiger partial charge is 0.249 e. The van der Waals surface area contributed by atoms with Gasteiger partial charge in [-0.25, -0.2) is 0 Å². The van der Waals surface area contributed by atoms with Crippen LogP contribution in [0.5, 0.6) is 0 Å². The number of benzene rings is 1. The minimum Gasteiger partial charge on any atom is -0.389 e. The zero-order valence-electron chi connectivity index (χ0n) is 12.1. The lowest BCUT2D eigenvalue weighted by Gasteiger charge is -2.37. The summed E-state index contributed by atoms with van der Waals surface area (Å²) in [6, 6.07) is 6.61. The van der Waals surface area contributed by atoms with E-state index in [9.17, 15) is 9.90 Å². The number of aliphatic hydroxyl groups excluding tert-OH is 1. The van der Waals surface area contributed by atoms with Crippen molar-refractivity contribution in [2.24, 2.45) is 0 Å². The second-order valence-corrected chi connectivity index (χ2v) is 5.70. The highest BCUT2D eigenvalue weighted by Crippen LogP contribution is 2.21. The summed E-state index contributed by atoms with van der Waals surface area (Å²) in [6.45, 7) is 2.63. The molecule has 1 aliphatic heterocycles. The van der Waals surface area contributed by atoms with Crippen molar-refractivity contribution in [3.63, 3.8) is 0 Å². The second kappa shape index (κ2) is 6.02. The number of β-amino-alcohol motifs (C(OH)–C–C–N with tert-alkyl or cyclic N) is 1. The molecule has 1 aromatic carbocycles. The Morgan fingerprint density at radius 1 is 1.41 bits per heavy atom. The third kappa shape index (κ3) is 2.82. The minimum absolute atomic E-state index is 0.0899. The summed E-state index contributed by atoms with van der Waals surface area (Å²) in [5.74, 6) is 0.361. The largest absolute Gasteiger partial charge is 0.389 e. The number of nitrogens with zero attached hydrogens (tertiary/aromatic N) is 5. The Bertz CT molecular complexity index is 666. The van der Waals surface area contributed by atoms with Crippen LogP contribution in [0.15, 0.2) is 24.3 Å². The number of hydrogen-bond acceptors (Lipinski definition) is 5. The maximum atomic E-state index is 12.4. The fourth-order valence-corrected chi connectivity index (χ4v) is 2.48. The van der Waals surface area contributed by atoms with Crippen molar-refractivity contribution < 1.29 is 9.90 Å². The summed E-state index contributed by atoms with van der Waals surface area (Å²) in [5, 5.41) is 22.3. The molecule has 1 amide bonds. The Labute approximate surface area is 132 Å². The van der Waals surface area contributed by atoms with Gasteiger partial charge in [0.05, 0.1) is 6.10 Å². The van der Waals surface area contributed by atoms with Gasteiger partial charge in [0.25, 0.3) is 0 Å². The number of rotatable bonds is 4. The van der Waals surface area contributed by atoms with Crippen LogP contribution in [0.1, 0.15) is 19.4 Å². The molecule has 0 aliphatic carbocycles. The van der Waals surface area contributed by atoms with E-state index >= 15 is 0 Å². The molecule has 2 heterocycles. The summed E-state index contributed by atoms with van der Waals surface area (Å²) in [5.41, 5.74) is 0.789. The lowest BCUT2D eigenvalue weighted by atomic mass is 10.1. The summed E-state index contributed by atoms with van der Waals surface area (Å²) in [7, 11) is 0. The third-order valence-electron chi connectivity index (χ3n) is 3.66. The number of carbonyl (C=O) groups excluding carboxylic acids is 1. The molecular formula is C14H16ClN5O2. The SMILES string of the molecule is CCC(C(=O)N1CC(O)C1)n1nnc(-c2ccc(Cl)cc2)n1. The van der Waals surface area contributed by atoms with Crippen LogP contribution in [0.25, 0.3) is 11.4 Å². The van der Waals surface area contributed by atoms with Crippen molar-refractivity contribution >= 4 is 17.5 Å². The Morgan fingerprint density at radius 2 is 2.09 bits per heavy atom. The van der Waals surface area contributed by atoms with E-state index in [-0.39, 0.29) is 5.91 Å². The first-order valence-electron chi connectivity index (χ1n) is 7.10. The monoisotopic (exact) mass is 321 g/mol. The minimum atomic E-state index is -0.499. The van der Waals surface area contributed by atoms with Crippen LogP contribution in [-0.2, 0) is 4.79 Å². The molecule has 3 rings (SSSR count). The molecule has 1 saturated heterocycles. The zero-order chi connectivity index (χ0) is 15.7. The Kier molecular flexibility index (Phi) is 4.08. The maximum absolute atomic E-state index is 12.4. The van der Waals surface area contributed by atoms with E-state index in [4.69, 9.17) is 11.6 Å². The van der Waals surface area contributed by atoms with E-state index in [1.54, 1.807) is 29.2 Å². The number of halogens is 1. The summed E-state index contributed by atoms with van der Waals surface area (Å²) in [6.07, 6.45) is 0.136. The van der Waals surface area contributed by atoms with Gasteiger partial charge in [-0.3, -0.25) is 4.79 Å². The summed E-state index contributed by atoms with van der Waals surface area (Å²) >= 11 is 5.86. The van der Waals surface area contributed by atoms with Gasteiger partial charge in [0.1, 0.15) is 0 Å². The number of carbonyl (C=O) groups is 1. The van der Waals surface area contributed by atoms with E-state index in [1.807, 2.05) is 6.92 Å². The van der Waals surface area contributed by atoms with Crippen LogP contribution < -0.4 is 0 Å². The molecule has 22 heavy (non-hydrogen) atoms. The molecule has 1 atom stereocenters. The summed E-state index contributed by atoms with van der Waals surface area (Å²) in [4.78, 5) is 15.3. The average Bonchev–Trinajstić information content (AvgIpc) is 2.95. The summed E-state index contributed by atoms with van der Waals surface area (Å²) < 4.78 is 0. The van der Waals surface area contributed by atoms with E-state index in [0.29, 0.717) is 30.4 Å². The van der Waals surface area contributed by atoms with Crippen molar-refractivity contribution in [3.05, 3.63) is 29.3 Å². The van der Waals surface area contributed by atoms with Crippen LogP contribution in [0.4, 0.5) is 0 Å². The second-order valence-electron chi connectivity index (χ2n) is 5.26. The third-order valence-corrected chi connectivity index (χ3v) is 3.91. The van der Waals surface area contributed by atoms with E-state index in [2.05, 4.69) is 15.4 Å². The van der Waals surface area contributed by atoms with Gasteiger partial charge in [-0.05, 0) is 35.9 Å². The first-order chi connectivity index (χ1) is 10.6. The zero-order valence-corrected chi connectivity index (χ0v) is 12.8. The maximum Gasteiger partial charge on any atom is 0.249 e. The van der Waals surface area contributed by atoms with Crippen LogP contribution >= 0.6 is 11.6 Å². The van der Waals surface area contributed by atoms with Gasteiger partial charge in [0, 0.05) is 23.7 Å². The lowest BCUT2D eigenvalue weighted by Crippen LogP contribution is -2.55. The average molecular weight is 322 g/mol. The Morgan fingerprint density at radius 3 is 2.68 bits per heavy atom. The van der Waals surface area contributed by atoms with Gasteiger partial charge >= 0.3 is 0 Å². The number of aromatic nitrogens is 4. The first-order valence-corrected chi connectivity index (χ1v) is 7.48. The topological polar surface area (TPSA) is 84.1 Å². The number of hydrogen-bond donors (Lipinski definition) is 1. The molecule has 0 saturated carbocycles. The molecule has 8 heteroatoms. The van der Waals surface area contributed by atoms with Crippen LogP contribution in [0, 0.1) is 0 Å². The molecule has 116 valence electrons. The van der Waals surface area contributed by atoms with Crippen molar-refractivity contribution in [1.29, 1.82) is 0 Å². The van der Waals surface area contributed by atoms with Crippen LogP contribution in [-0.4, -0.2) is 55.3 Å². The van der Waals surface area contributed by atoms with Crippen molar-refractivity contribution in [1.82, 2.24) is 25.1 Å². The highest BCUT2D eigenvalue weighted by molar-refractivity contribution is 6.30. The van der Waals surface area contributed by atoms with Crippen LogP contribution in [0.2, 0.25) is 5.02 Å². The van der Waals surface area contributed by atoms with Gasteiger partial charge in [-0.15, -0.1) is 10.2 Å². The highest BCUT2D eigenvalue weighted by atomic mass is 35.5. The highest BCUT2D eigenvalue weighted by Gasteiger charge is 2.34. The standard InChI is InChI=1S/C14H16ClN5O2/c1-2-12(14(22)19-7-11(21)8-19)20-17-13(16-18-20)9-3-5-10(15)6-4-9/h3-6,11-12,21H,2,7-8H2,1H3. The van der Waals surface area contributed by atoms with Gasteiger partial charge < -0.3 is 10.0 Å². The number of likely N-dealkylation sites (tertiary alicyclic amines) is 1. The number of amides is 1. The van der Waals surface area contributed by atoms with Crippen molar-refractivity contribution in [3.8, 4) is 11.4 Å². The molecule has 0 spiro atoms. The van der Waals surface area contributed by atoms with E-state index in [0.717, 1.165) is 5.56 Å². The van der Waals surface area contributed by atoms with Crippen molar-refractivity contribution in [2.45, 2.75) is 25.5 Å². The number of tetrazole rings is 1. The number of aliphatic hydroxyl groups is 1. The van der Waals surface area contributed by atoms with Gasteiger partial charge in [-0.1, -0.05) is 18.5 Å². The van der Waals surface area contributed by atoms with Gasteiger partial charge in [0.2, 0.25) is 11.7 Å². The molecule has 1 aromatic heterocycles. The normalized spacial score (nSPS) is 16.4. The first kappa shape index (κ1) is 14.9. The fourth-order valence-electron chi connectivity index (χ4n) is 2.35. The molecule has 1 unspecified atom stereocenters. The Balaban J connectivity index is 1.79. The van der Waals surface area contributed by atoms with Gasteiger partial charge in [0.15, 0.2) is 6.04 Å². The van der Waals surface area contributed by atoms with Crippen molar-refractivity contribution in [2.75, 3.05) is 13.1 Å². The molecule has 1 aliphatic rings. The molecule has 2 aromatic rings. The molecule has 0 bridgehead atoms. The quantitative estimate of drug-likeness (QED) is 0.913. The van der Waals surface area contributed by atoms with Crippen LogP contribution in [0.3, 0.4) is 0 Å². The molecule has 1 fully saturated rings. The molecular weight excluding hydrogens is 306 g/mol. The Hall–Kier alpha value is -1.99.